The van der Waals surface area contributed by atoms with E-state index in [9.17, 15) is 38.2 Å². The summed E-state index contributed by atoms with van der Waals surface area (Å²) in [6.45, 7) is 3.43. The number of aliphatic hydroxyl groups is 4. The average Bonchev–Trinajstić information content (AvgIpc) is 3.31. The zero-order valence-corrected chi connectivity index (χ0v) is 44.3. The van der Waals surface area contributed by atoms with Gasteiger partial charge in [0, 0.05) is 6.42 Å². The normalized spacial score (nSPS) is 19.9. The zero-order valence-electron chi connectivity index (χ0n) is 43.4. The minimum Gasteiger partial charge on any atom is -0.394 e. The van der Waals surface area contributed by atoms with Crippen LogP contribution in [0.25, 0.3) is 0 Å². The number of ether oxygens (including phenoxy) is 2. The van der Waals surface area contributed by atoms with E-state index in [1.165, 1.54) is 193 Å². The average molecular weight is 989 g/mol. The predicted molar refractivity (Wildman–Crippen MR) is 278 cm³/mol. The van der Waals surface area contributed by atoms with Crippen molar-refractivity contribution in [2.45, 2.75) is 307 Å². The van der Waals surface area contributed by atoms with Crippen LogP contribution in [-0.4, -0.2) is 95.4 Å². The number of rotatable bonds is 49. The lowest BCUT2D eigenvalue weighted by molar-refractivity contribution is -0.298. The Bertz CT molecular complexity index is 1300. The maximum absolute atomic E-state index is 13.1. The Morgan fingerprint density at radius 1 is 0.574 bits per heavy atom. The highest BCUT2D eigenvalue weighted by molar-refractivity contribution is 7.80. The molecular weight excluding hydrogens is 883 g/mol. The molecule has 1 rings (SSSR count). The number of unbranched alkanes of at least 4 members (excludes halogenated alkanes) is 35. The van der Waals surface area contributed by atoms with E-state index in [4.69, 9.17) is 9.47 Å². The van der Waals surface area contributed by atoms with Crippen LogP contribution in [0.15, 0.2) is 24.3 Å². The zero-order chi connectivity index (χ0) is 49.8. The van der Waals surface area contributed by atoms with Crippen molar-refractivity contribution in [3.8, 4) is 0 Å². The van der Waals surface area contributed by atoms with E-state index in [0.29, 0.717) is 6.42 Å². The molecule has 0 aromatic heterocycles. The molecule has 0 radical (unpaired) electrons. The van der Waals surface area contributed by atoms with E-state index < -0.39 is 59.9 Å². The van der Waals surface area contributed by atoms with Gasteiger partial charge in [-0.1, -0.05) is 237 Å². The molecule has 6 N–H and O–H groups in total. The molecule has 0 aliphatic carbocycles. The first-order valence-corrected chi connectivity index (χ1v) is 29.6. The Morgan fingerprint density at radius 3 is 1.32 bits per heavy atom. The lowest BCUT2D eigenvalue weighted by Gasteiger charge is -2.41. The molecule has 402 valence electrons. The molecule has 68 heavy (non-hydrogen) atoms. The van der Waals surface area contributed by atoms with Crippen LogP contribution < -0.4 is 5.32 Å². The largest absolute Gasteiger partial charge is 0.397 e. The van der Waals surface area contributed by atoms with Crippen molar-refractivity contribution in [1.82, 2.24) is 5.32 Å². The molecule has 1 aliphatic heterocycles. The van der Waals surface area contributed by atoms with E-state index in [1.54, 1.807) is 6.08 Å². The molecule has 0 spiro atoms. The van der Waals surface area contributed by atoms with E-state index in [-0.39, 0.29) is 18.9 Å². The third-order valence-corrected chi connectivity index (χ3v) is 13.9. The number of amides is 1. The van der Waals surface area contributed by atoms with Gasteiger partial charge in [-0.3, -0.25) is 9.35 Å². The van der Waals surface area contributed by atoms with Crippen molar-refractivity contribution in [1.29, 1.82) is 0 Å². The van der Waals surface area contributed by atoms with Crippen molar-refractivity contribution in [3.05, 3.63) is 24.3 Å². The Labute approximate surface area is 416 Å². The number of hydrogen-bond acceptors (Lipinski definition) is 10. The first kappa shape index (κ1) is 64.6. The molecular formula is C55H105NO11S. The molecule has 7 unspecified atom stereocenters. The van der Waals surface area contributed by atoms with Gasteiger partial charge in [0.25, 0.3) is 0 Å². The van der Waals surface area contributed by atoms with Gasteiger partial charge in [-0.15, -0.1) is 0 Å². The van der Waals surface area contributed by atoms with Gasteiger partial charge in [-0.25, -0.2) is 4.18 Å². The summed E-state index contributed by atoms with van der Waals surface area (Å²) in [5.41, 5.74) is 0. The third-order valence-electron chi connectivity index (χ3n) is 13.5. The van der Waals surface area contributed by atoms with Crippen LogP contribution in [0.4, 0.5) is 0 Å². The number of aliphatic hydroxyl groups excluding tert-OH is 4. The third kappa shape index (κ3) is 37.4. The summed E-state index contributed by atoms with van der Waals surface area (Å²) in [6.07, 6.45) is 46.4. The smallest absolute Gasteiger partial charge is 0.394 e. The van der Waals surface area contributed by atoms with Gasteiger partial charge in [0.2, 0.25) is 5.91 Å². The summed E-state index contributed by atoms with van der Waals surface area (Å²) in [7, 11) is -5.09. The van der Waals surface area contributed by atoms with Gasteiger partial charge < -0.3 is 35.2 Å². The highest BCUT2D eigenvalue weighted by atomic mass is 32.3. The van der Waals surface area contributed by atoms with Crippen molar-refractivity contribution in [3.63, 3.8) is 0 Å². The first-order valence-electron chi connectivity index (χ1n) is 28.2. The Balaban J connectivity index is 2.41. The topological polar surface area (TPSA) is 192 Å². The second-order valence-corrected chi connectivity index (χ2v) is 20.9. The Hall–Kier alpha value is -1.42. The molecule has 13 heteroatoms. The number of carbonyl (C=O) groups excluding carboxylic acids is 1. The fourth-order valence-corrected chi connectivity index (χ4v) is 9.61. The highest BCUT2D eigenvalue weighted by Gasteiger charge is 2.48. The van der Waals surface area contributed by atoms with Gasteiger partial charge in [0.15, 0.2) is 6.29 Å². The van der Waals surface area contributed by atoms with Crippen LogP contribution in [0.2, 0.25) is 0 Å². The maximum Gasteiger partial charge on any atom is 0.397 e. The summed E-state index contributed by atoms with van der Waals surface area (Å²) in [5, 5.41) is 44.9. The Kier molecular flexibility index (Phi) is 43.2. The standard InChI is InChI=1S/C55H105NO11S/c1-3-5-7-9-11-13-15-17-19-21-23-25-27-29-31-33-35-37-39-41-43-45-51(59)56-48(47-65-55-53(61)54(67-68(62,63)64)52(60)50(46-57)66-55)49(58)44-42-40-38-36-34-32-30-28-26-24-22-20-18-16-14-12-10-8-6-4-2/h25,27,42,44,48-50,52-55,57-58,60-61H,3-24,26,28-41,43,45-47H2,1-2H3,(H,56,59)(H,62,63,64)/b27-25-,44-42+. The SMILES string of the molecule is CCCCCCCCCCCC/C=C\CCCCCCCCCC(=O)NC(COC1OC(CO)C(O)C(OS(=O)(=O)O)C1O)C(O)/C=C/CCCCCCCCCCCCCCCCCCCC. The molecule has 1 heterocycles. The molecule has 1 amide bonds. The molecule has 1 fully saturated rings. The lowest BCUT2D eigenvalue weighted by Crippen LogP contribution is -2.61. The number of nitrogens with one attached hydrogen (secondary N) is 1. The van der Waals surface area contributed by atoms with Gasteiger partial charge in [-0.2, -0.15) is 8.42 Å². The van der Waals surface area contributed by atoms with Crippen LogP contribution in [0, 0.1) is 0 Å². The second kappa shape index (κ2) is 45.4. The fraction of sp³-hybridized carbons (Fsp3) is 0.909. The fourth-order valence-electron chi connectivity index (χ4n) is 9.10. The molecule has 0 saturated carbocycles. The van der Waals surface area contributed by atoms with Crippen LogP contribution in [0.1, 0.15) is 264 Å². The van der Waals surface area contributed by atoms with Gasteiger partial charge in [0.05, 0.1) is 25.4 Å². The van der Waals surface area contributed by atoms with Crippen LogP contribution >= 0.6 is 0 Å². The maximum atomic E-state index is 13.1. The molecule has 12 nitrogen and oxygen atoms in total. The Morgan fingerprint density at radius 2 is 0.941 bits per heavy atom. The first-order chi connectivity index (χ1) is 33.0. The lowest BCUT2D eigenvalue weighted by atomic mass is 9.99. The minimum atomic E-state index is -5.09. The van der Waals surface area contributed by atoms with Crippen LogP contribution in [0.3, 0.4) is 0 Å². The van der Waals surface area contributed by atoms with Gasteiger partial charge >= 0.3 is 10.4 Å². The van der Waals surface area contributed by atoms with Crippen molar-refractivity contribution in [2.75, 3.05) is 13.2 Å². The molecule has 1 aliphatic rings. The monoisotopic (exact) mass is 988 g/mol. The molecule has 7 atom stereocenters. The van der Waals surface area contributed by atoms with Crippen LogP contribution in [-0.2, 0) is 28.9 Å². The summed E-state index contributed by atoms with van der Waals surface area (Å²) in [5.74, 6) is -0.263. The molecule has 0 aromatic carbocycles. The van der Waals surface area contributed by atoms with Crippen molar-refractivity contribution in [2.24, 2.45) is 0 Å². The molecule has 1 saturated heterocycles. The molecule has 0 bridgehead atoms. The quantitative estimate of drug-likeness (QED) is 0.0193. The minimum absolute atomic E-state index is 0.263. The van der Waals surface area contributed by atoms with Gasteiger partial charge in [-0.05, 0) is 44.9 Å². The summed E-state index contributed by atoms with van der Waals surface area (Å²) in [6, 6.07) is -0.945. The number of hydrogen-bond donors (Lipinski definition) is 6. The molecule has 0 aromatic rings. The van der Waals surface area contributed by atoms with E-state index >= 15 is 0 Å². The summed E-state index contributed by atoms with van der Waals surface area (Å²) < 4.78 is 47.8. The highest BCUT2D eigenvalue weighted by Crippen LogP contribution is 2.26. The van der Waals surface area contributed by atoms with Crippen molar-refractivity contribution >= 4 is 16.3 Å². The number of carbonyl (C=O) groups is 1. The van der Waals surface area contributed by atoms with E-state index in [0.717, 1.165) is 44.9 Å². The second-order valence-electron chi connectivity index (χ2n) is 19.9. The van der Waals surface area contributed by atoms with E-state index in [1.807, 2.05) is 6.08 Å². The summed E-state index contributed by atoms with van der Waals surface area (Å²) in [4.78, 5) is 13.1. The predicted octanol–water partition coefficient (Wildman–Crippen LogP) is 12.8. The summed E-state index contributed by atoms with van der Waals surface area (Å²) >= 11 is 0. The van der Waals surface area contributed by atoms with Crippen LogP contribution in [0.5, 0.6) is 0 Å². The number of allylic oxidation sites excluding steroid dienone is 3. The van der Waals surface area contributed by atoms with E-state index in [2.05, 4.69) is 35.5 Å². The van der Waals surface area contributed by atoms with Crippen molar-refractivity contribution < 1.29 is 51.8 Å². The van der Waals surface area contributed by atoms with Gasteiger partial charge in [0.1, 0.15) is 24.4 Å².